The van der Waals surface area contributed by atoms with E-state index in [1.54, 1.807) is 12.1 Å². The number of carbonyl (C=O) groups is 2. The first-order valence-electron chi connectivity index (χ1n) is 4.86. The minimum atomic E-state index is -0.197. The first-order chi connectivity index (χ1) is 7.22. The second-order valence-corrected chi connectivity index (χ2v) is 3.18. The quantitative estimate of drug-likeness (QED) is 0.420. The van der Waals surface area contributed by atoms with Gasteiger partial charge in [-0.25, -0.2) is 0 Å². The van der Waals surface area contributed by atoms with Crippen LogP contribution < -0.4 is 4.74 Å². The van der Waals surface area contributed by atoms with Crippen LogP contribution in [0.25, 0.3) is 0 Å². The number of benzene rings is 1. The molecule has 0 radical (unpaired) electrons. The molecule has 0 saturated carbocycles. The van der Waals surface area contributed by atoms with Crippen molar-refractivity contribution in [2.75, 3.05) is 7.11 Å². The maximum Gasteiger partial charge on any atom is 0.173 e. The van der Waals surface area contributed by atoms with Gasteiger partial charge in [-0.05, 0) is 24.1 Å². The number of methoxy groups -OCH3 is 1. The monoisotopic (exact) mass is 206 g/mol. The topological polar surface area (TPSA) is 43.4 Å². The van der Waals surface area contributed by atoms with Gasteiger partial charge < -0.3 is 9.53 Å². The Bertz CT molecular complexity index is 369. The fraction of sp³-hybridized carbons (Fsp3) is 0.333. The van der Waals surface area contributed by atoms with Crippen molar-refractivity contribution < 1.29 is 14.3 Å². The maximum absolute atomic E-state index is 11.6. The summed E-state index contributed by atoms with van der Waals surface area (Å²) in [6.07, 6.45) is 1.37. The molecular formula is C12H14O3. The minimum Gasteiger partial charge on any atom is -0.496 e. The molecule has 3 heteroatoms. The van der Waals surface area contributed by atoms with Gasteiger partial charge in [0.1, 0.15) is 12.0 Å². The van der Waals surface area contributed by atoms with Gasteiger partial charge in [0.2, 0.25) is 0 Å². The Morgan fingerprint density at radius 3 is 2.73 bits per heavy atom. The third-order valence-corrected chi connectivity index (χ3v) is 2.24. The molecular weight excluding hydrogens is 192 g/mol. The molecule has 15 heavy (non-hydrogen) atoms. The predicted molar refractivity (Wildman–Crippen MR) is 57.4 cm³/mol. The zero-order chi connectivity index (χ0) is 11.3. The molecule has 1 aromatic rings. The zero-order valence-corrected chi connectivity index (χ0v) is 8.95. The van der Waals surface area contributed by atoms with Gasteiger partial charge in [0.15, 0.2) is 5.78 Å². The van der Waals surface area contributed by atoms with Crippen molar-refractivity contribution in [3.63, 3.8) is 0 Å². The van der Waals surface area contributed by atoms with E-state index in [0.29, 0.717) is 17.6 Å². The molecule has 0 unspecified atom stereocenters. The fourth-order valence-electron chi connectivity index (χ4n) is 1.38. The lowest BCUT2D eigenvalue weighted by molar-refractivity contribution is -0.107. The van der Waals surface area contributed by atoms with Crippen LogP contribution in [0.4, 0.5) is 0 Å². The van der Waals surface area contributed by atoms with E-state index in [1.165, 1.54) is 7.11 Å². The van der Waals surface area contributed by atoms with Crippen LogP contribution in [0.1, 0.15) is 29.3 Å². The summed E-state index contributed by atoms with van der Waals surface area (Å²) in [6, 6.07) is 5.46. The third kappa shape index (κ3) is 2.65. The Morgan fingerprint density at radius 1 is 1.47 bits per heavy atom. The number of carbonyl (C=O) groups excluding carboxylic acids is 2. The molecule has 0 aliphatic rings. The molecule has 0 heterocycles. The van der Waals surface area contributed by atoms with Crippen molar-refractivity contribution in [1.29, 1.82) is 0 Å². The zero-order valence-electron chi connectivity index (χ0n) is 8.95. The normalized spacial score (nSPS) is 9.73. The largest absolute Gasteiger partial charge is 0.496 e. The van der Waals surface area contributed by atoms with Crippen molar-refractivity contribution in [3.05, 3.63) is 29.3 Å². The van der Waals surface area contributed by atoms with Crippen LogP contribution in [-0.2, 0) is 11.2 Å². The van der Waals surface area contributed by atoms with Gasteiger partial charge in [-0.1, -0.05) is 13.0 Å². The molecule has 0 N–H and O–H groups in total. The van der Waals surface area contributed by atoms with Gasteiger partial charge in [-0.2, -0.15) is 0 Å². The van der Waals surface area contributed by atoms with Gasteiger partial charge in [0.05, 0.1) is 19.1 Å². The second-order valence-electron chi connectivity index (χ2n) is 3.18. The van der Waals surface area contributed by atoms with Crippen LogP contribution in [0, 0.1) is 0 Å². The smallest absolute Gasteiger partial charge is 0.173 e. The molecule has 0 atom stereocenters. The van der Waals surface area contributed by atoms with E-state index in [1.807, 2.05) is 13.0 Å². The lowest BCUT2D eigenvalue weighted by atomic mass is 10.0. The lowest BCUT2D eigenvalue weighted by Gasteiger charge is -2.07. The van der Waals surface area contributed by atoms with Crippen LogP contribution in [0.5, 0.6) is 5.75 Å². The van der Waals surface area contributed by atoms with Crippen LogP contribution in [0.3, 0.4) is 0 Å². The molecule has 0 aliphatic carbocycles. The summed E-state index contributed by atoms with van der Waals surface area (Å²) in [6.45, 7) is 2.01. The van der Waals surface area contributed by atoms with E-state index < -0.39 is 0 Å². The number of aryl methyl sites for hydroxylation is 1. The van der Waals surface area contributed by atoms with Crippen molar-refractivity contribution in [2.45, 2.75) is 19.8 Å². The van der Waals surface area contributed by atoms with Gasteiger partial charge in [-0.3, -0.25) is 4.79 Å². The Kier molecular flexibility index (Phi) is 4.03. The predicted octanol–water partition coefficient (Wildman–Crippen LogP) is 2.03. The molecule has 0 aromatic heterocycles. The van der Waals surface area contributed by atoms with Gasteiger partial charge in [-0.15, -0.1) is 0 Å². The molecule has 0 spiro atoms. The molecule has 1 aromatic carbocycles. The maximum atomic E-state index is 11.6. The Hall–Kier alpha value is -1.64. The van der Waals surface area contributed by atoms with Gasteiger partial charge >= 0.3 is 0 Å². The summed E-state index contributed by atoms with van der Waals surface area (Å²) in [5.74, 6) is 0.330. The van der Waals surface area contributed by atoms with Crippen LogP contribution in [-0.4, -0.2) is 19.2 Å². The summed E-state index contributed by atoms with van der Waals surface area (Å²) in [4.78, 5) is 21.9. The molecule has 80 valence electrons. The Balaban J connectivity index is 3.10. The van der Waals surface area contributed by atoms with E-state index in [-0.39, 0.29) is 12.2 Å². The molecule has 0 fully saturated rings. The van der Waals surface area contributed by atoms with E-state index in [4.69, 9.17) is 4.74 Å². The fourth-order valence-corrected chi connectivity index (χ4v) is 1.38. The van der Waals surface area contributed by atoms with Gasteiger partial charge in [0, 0.05) is 0 Å². The highest BCUT2D eigenvalue weighted by Crippen LogP contribution is 2.21. The molecule has 0 saturated heterocycles. The Morgan fingerprint density at radius 2 is 2.20 bits per heavy atom. The highest BCUT2D eigenvalue weighted by atomic mass is 16.5. The molecule has 0 bridgehead atoms. The first-order valence-corrected chi connectivity index (χ1v) is 4.86. The summed E-state index contributed by atoms with van der Waals surface area (Å²) in [5.41, 5.74) is 1.55. The average Bonchev–Trinajstić information content (AvgIpc) is 2.28. The van der Waals surface area contributed by atoms with Crippen LogP contribution in [0.2, 0.25) is 0 Å². The van der Waals surface area contributed by atoms with E-state index in [0.717, 1.165) is 12.0 Å². The molecule has 1 rings (SSSR count). The Labute approximate surface area is 89.1 Å². The summed E-state index contributed by atoms with van der Waals surface area (Å²) in [5, 5.41) is 0. The number of hydrogen-bond donors (Lipinski definition) is 0. The second kappa shape index (κ2) is 5.29. The number of hydrogen-bond acceptors (Lipinski definition) is 3. The summed E-state index contributed by atoms with van der Waals surface area (Å²) in [7, 11) is 1.51. The van der Waals surface area contributed by atoms with Crippen LogP contribution >= 0.6 is 0 Å². The van der Waals surface area contributed by atoms with Gasteiger partial charge in [0.25, 0.3) is 0 Å². The number of ether oxygens (including phenoxy) is 1. The number of rotatable bonds is 5. The number of ketones is 1. The van der Waals surface area contributed by atoms with Crippen molar-refractivity contribution in [3.8, 4) is 5.75 Å². The van der Waals surface area contributed by atoms with Crippen molar-refractivity contribution in [1.82, 2.24) is 0 Å². The van der Waals surface area contributed by atoms with E-state index >= 15 is 0 Å². The highest BCUT2D eigenvalue weighted by molar-refractivity contribution is 6.04. The summed E-state index contributed by atoms with van der Waals surface area (Å²) >= 11 is 0. The molecule has 0 aliphatic heterocycles. The lowest BCUT2D eigenvalue weighted by Crippen LogP contribution is -2.03. The van der Waals surface area contributed by atoms with Crippen molar-refractivity contribution in [2.24, 2.45) is 0 Å². The van der Waals surface area contributed by atoms with E-state index in [9.17, 15) is 9.59 Å². The standard InChI is InChI=1S/C12H14O3/c1-3-9-4-5-12(15-2)10(8-9)11(14)6-7-13/h4-5,7-8H,3,6H2,1-2H3. The van der Waals surface area contributed by atoms with Crippen LogP contribution in [0.15, 0.2) is 18.2 Å². The number of Topliss-reactive ketones (excluding diaryl/α,β-unsaturated/α-hetero) is 1. The first kappa shape index (κ1) is 11.4. The average molecular weight is 206 g/mol. The molecule has 3 nitrogen and oxygen atoms in total. The minimum absolute atomic E-state index is 0.0937. The third-order valence-electron chi connectivity index (χ3n) is 2.24. The van der Waals surface area contributed by atoms with Crippen molar-refractivity contribution >= 4 is 12.1 Å². The molecule has 0 amide bonds. The number of aldehydes is 1. The van der Waals surface area contributed by atoms with E-state index in [2.05, 4.69) is 0 Å². The SMILES string of the molecule is CCc1ccc(OC)c(C(=O)CC=O)c1. The highest BCUT2D eigenvalue weighted by Gasteiger charge is 2.11. The summed E-state index contributed by atoms with van der Waals surface area (Å²) < 4.78 is 5.08.